The average molecular weight is 1190 g/mol. The molecule has 14 aromatic carbocycles. The molecule has 0 amide bonds. The quantitative estimate of drug-likeness (QED) is 0.130. The summed E-state index contributed by atoms with van der Waals surface area (Å²) < 4.78 is 7.04. The molecule has 0 fully saturated rings. The summed E-state index contributed by atoms with van der Waals surface area (Å²) in [7, 11) is 0. The number of fused-ring (bicyclic) bond motifs is 9. The van der Waals surface area contributed by atoms with Crippen LogP contribution in [0.25, 0.3) is 172 Å². The molecule has 0 bridgehead atoms. The highest BCUT2D eigenvalue weighted by atomic mass is 15.2. The van der Waals surface area contributed by atoms with Gasteiger partial charge in [-0.05, 0) is 152 Å². The van der Waals surface area contributed by atoms with Crippen LogP contribution in [-0.2, 0) is 0 Å². The number of hydrogen-bond acceptors (Lipinski definition) is 3. The van der Waals surface area contributed by atoms with Gasteiger partial charge < -0.3 is 9.13 Å². The fraction of sp³-hybridized carbons (Fsp3) is 0. The minimum atomic E-state index is 0.499. The van der Waals surface area contributed by atoms with Crippen molar-refractivity contribution in [3.63, 3.8) is 0 Å². The number of para-hydroxylation sites is 4. The minimum absolute atomic E-state index is 0.499. The van der Waals surface area contributed by atoms with E-state index < -0.39 is 0 Å². The zero-order valence-corrected chi connectivity index (χ0v) is 50.5. The second kappa shape index (κ2) is 22.2. The first-order valence-electron chi connectivity index (χ1n) is 31.7. The molecule has 4 heterocycles. The van der Waals surface area contributed by atoms with E-state index >= 15 is 0 Å². The van der Waals surface area contributed by atoms with Crippen molar-refractivity contribution >= 4 is 65.4 Å². The lowest BCUT2D eigenvalue weighted by molar-refractivity contribution is 0.950. The van der Waals surface area contributed by atoms with E-state index in [4.69, 9.17) is 15.0 Å². The van der Waals surface area contributed by atoms with E-state index in [2.05, 4.69) is 353 Å². The van der Waals surface area contributed by atoms with Crippen LogP contribution in [0, 0.1) is 0 Å². The lowest BCUT2D eigenvalue weighted by atomic mass is 9.92. The van der Waals surface area contributed by atoms with E-state index in [9.17, 15) is 0 Å². The number of hydrogen-bond donors (Lipinski definition) is 0. The van der Waals surface area contributed by atoms with Crippen LogP contribution in [0.3, 0.4) is 0 Å². The van der Waals surface area contributed by atoms with E-state index in [1.165, 1.54) is 22.3 Å². The standard InChI is InChI=1S/C87H56N6/c1-5-25-57(26-6-1)61-45-49-81-73(53-61)69-37-17-21-41-77(69)91(81)79-43-23-19-39-71(79)85-88-86(72-40-20-24-44-80(72)92-78-42-22-18-38-70(78)74-54-62(46-50-82(74)92)58-27-7-2-8-28-58)90-87(89-85)93-83-51-47-63(67-35-15-13-33-65(67)59-29-9-3-10-30-59)55-75(83)76-56-64(48-52-84(76)93)68-36-16-14-34-66(68)60-31-11-4-12-32-60/h1-56H. The van der Waals surface area contributed by atoms with Gasteiger partial charge in [-0.25, -0.2) is 4.98 Å². The van der Waals surface area contributed by atoms with Crippen LogP contribution in [-0.4, -0.2) is 28.7 Å². The Morgan fingerprint density at radius 3 is 0.860 bits per heavy atom. The highest BCUT2D eigenvalue weighted by Crippen LogP contribution is 2.44. The van der Waals surface area contributed by atoms with Gasteiger partial charge in [-0.2, -0.15) is 9.97 Å². The molecule has 0 saturated carbocycles. The van der Waals surface area contributed by atoms with Crippen LogP contribution in [0.1, 0.15) is 0 Å². The molecule has 0 N–H and O–H groups in total. The van der Waals surface area contributed by atoms with Crippen LogP contribution in [0.15, 0.2) is 340 Å². The predicted molar refractivity (Wildman–Crippen MR) is 386 cm³/mol. The Bertz CT molecular complexity index is 5560. The number of nitrogens with zero attached hydrogens (tertiary/aromatic N) is 6. The Hall–Kier alpha value is -12.5. The highest BCUT2D eigenvalue weighted by molar-refractivity contribution is 6.14. The van der Waals surface area contributed by atoms with Gasteiger partial charge in [0.2, 0.25) is 5.95 Å². The van der Waals surface area contributed by atoms with Crippen LogP contribution in [0.4, 0.5) is 0 Å². The van der Waals surface area contributed by atoms with Gasteiger partial charge in [0.25, 0.3) is 0 Å². The van der Waals surface area contributed by atoms with Crippen molar-refractivity contribution in [2.24, 2.45) is 0 Å². The molecule has 0 aliphatic heterocycles. The third-order valence-corrected chi connectivity index (χ3v) is 18.6. The molecule has 93 heavy (non-hydrogen) atoms. The molecule has 0 atom stereocenters. The van der Waals surface area contributed by atoms with Crippen LogP contribution >= 0.6 is 0 Å². The zero-order valence-electron chi connectivity index (χ0n) is 50.5. The predicted octanol–water partition coefficient (Wildman–Crippen LogP) is 22.5. The minimum Gasteiger partial charge on any atom is -0.309 e. The summed E-state index contributed by atoms with van der Waals surface area (Å²) in [6, 6.07) is 122. The molecule has 0 aliphatic carbocycles. The fourth-order valence-corrected chi connectivity index (χ4v) is 14.3. The number of rotatable bonds is 11. The Labute approximate surface area is 537 Å². The molecule has 434 valence electrons. The second-order valence-corrected chi connectivity index (χ2v) is 23.8. The SMILES string of the molecule is c1ccc(-c2ccc3c(c2)c2ccccc2n3-c2ccccc2-c2nc(-c3ccccc3-n3c4ccccc4c4cc(-c5ccccc5)ccc43)nc(-n3c4ccc(-c5ccccc5-c5ccccc5)cc4c4cc(-c5ccccc5-c5ccccc5)ccc43)n2)cc1. The molecule has 18 rings (SSSR count). The molecule has 18 aromatic rings. The molecule has 0 spiro atoms. The summed E-state index contributed by atoms with van der Waals surface area (Å²) in [6.07, 6.45) is 0. The molecule has 0 aliphatic rings. The third-order valence-electron chi connectivity index (χ3n) is 18.6. The van der Waals surface area contributed by atoms with Crippen LogP contribution < -0.4 is 0 Å². The second-order valence-electron chi connectivity index (χ2n) is 23.8. The average Bonchev–Trinajstić information content (AvgIpc) is 1.63. The van der Waals surface area contributed by atoms with Crippen molar-refractivity contribution in [3.8, 4) is 107 Å². The lowest BCUT2D eigenvalue weighted by Crippen LogP contribution is -2.09. The maximum absolute atomic E-state index is 5.78. The van der Waals surface area contributed by atoms with Gasteiger partial charge in [-0.3, -0.25) is 4.57 Å². The smallest absolute Gasteiger partial charge is 0.238 e. The number of benzene rings is 14. The topological polar surface area (TPSA) is 53.5 Å². The molecule has 0 saturated heterocycles. The van der Waals surface area contributed by atoms with Crippen molar-refractivity contribution in [3.05, 3.63) is 340 Å². The van der Waals surface area contributed by atoms with Gasteiger partial charge in [0.1, 0.15) is 0 Å². The molecular formula is C87H56N6. The van der Waals surface area contributed by atoms with E-state index in [0.29, 0.717) is 17.6 Å². The summed E-state index contributed by atoms with van der Waals surface area (Å²) >= 11 is 0. The largest absolute Gasteiger partial charge is 0.309 e. The third kappa shape index (κ3) is 9.06. The van der Waals surface area contributed by atoms with E-state index in [0.717, 1.165) is 132 Å². The van der Waals surface area contributed by atoms with Crippen LogP contribution in [0.2, 0.25) is 0 Å². The normalized spacial score (nSPS) is 11.7. The zero-order chi connectivity index (χ0) is 61.3. The molecule has 0 unspecified atom stereocenters. The van der Waals surface area contributed by atoms with Gasteiger partial charge in [-0.1, -0.05) is 255 Å². The van der Waals surface area contributed by atoms with Crippen molar-refractivity contribution in [2.45, 2.75) is 0 Å². The van der Waals surface area contributed by atoms with Crippen molar-refractivity contribution < 1.29 is 0 Å². The Morgan fingerprint density at radius 1 is 0.172 bits per heavy atom. The Kier molecular flexibility index (Phi) is 12.8. The molecule has 4 aromatic heterocycles. The van der Waals surface area contributed by atoms with Gasteiger partial charge in [0.05, 0.1) is 44.5 Å². The van der Waals surface area contributed by atoms with Crippen molar-refractivity contribution in [2.75, 3.05) is 0 Å². The molecular weight excluding hydrogens is 1130 g/mol. The van der Waals surface area contributed by atoms with E-state index in [-0.39, 0.29) is 0 Å². The summed E-state index contributed by atoms with van der Waals surface area (Å²) in [5.41, 5.74) is 23.8. The van der Waals surface area contributed by atoms with Gasteiger partial charge in [0.15, 0.2) is 11.6 Å². The maximum Gasteiger partial charge on any atom is 0.238 e. The first-order chi connectivity index (χ1) is 46.1. The summed E-state index contributed by atoms with van der Waals surface area (Å²) in [5.74, 6) is 1.58. The molecule has 6 heteroatoms. The molecule has 6 nitrogen and oxygen atoms in total. The first kappa shape index (κ1) is 53.5. The van der Waals surface area contributed by atoms with Gasteiger partial charge in [0, 0.05) is 43.4 Å². The van der Waals surface area contributed by atoms with Gasteiger partial charge in [-0.15, -0.1) is 0 Å². The van der Waals surface area contributed by atoms with Gasteiger partial charge >= 0.3 is 0 Å². The maximum atomic E-state index is 5.78. The van der Waals surface area contributed by atoms with E-state index in [1.807, 2.05) is 0 Å². The lowest BCUT2D eigenvalue weighted by Gasteiger charge is -2.17. The van der Waals surface area contributed by atoms with Crippen molar-refractivity contribution in [1.82, 2.24) is 28.7 Å². The summed E-state index contributed by atoms with van der Waals surface area (Å²) in [5, 5.41) is 6.81. The summed E-state index contributed by atoms with van der Waals surface area (Å²) in [4.78, 5) is 17.3. The number of aromatic nitrogens is 6. The monoisotopic (exact) mass is 1180 g/mol. The first-order valence-corrected chi connectivity index (χ1v) is 31.7. The van der Waals surface area contributed by atoms with Crippen LogP contribution in [0.5, 0.6) is 0 Å². The Morgan fingerprint density at radius 2 is 0.452 bits per heavy atom. The Balaban J connectivity index is 0.906. The molecule has 0 radical (unpaired) electrons. The van der Waals surface area contributed by atoms with E-state index in [1.54, 1.807) is 0 Å². The van der Waals surface area contributed by atoms with Crippen molar-refractivity contribution in [1.29, 1.82) is 0 Å². The highest BCUT2D eigenvalue weighted by Gasteiger charge is 2.25. The fourth-order valence-electron chi connectivity index (χ4n) is 14.3. The summed E-state index contributed by atoms with van der Waals surface area (Å²) in [6.45, 7) is 0.